The molecule has 2 heterocycles. The number of nitrogens with one attached hydrogen (secondary N) is 1. The molecule has 10 nitrogen and oxygen atoms in total. The minimum absolute atomic E-state index is 0.207. The quantitative estimate of drug-likeness (QED) is 0.291. The Morgan fingerprint density at radius 2 is 1.69 bits per heavy atom. The number of halogens is 1. The molecule has 45 heavy (non-hydrogen) atoms. The number of nitrogens with zero attached hydrogens (tertiary/aromatic N) is 1. The van der Waals surface area contributed by atoms with Gasteiger partial charge >= 0.3 is 12.1 Å². The maximum absolute atomic E-state index is 14.5. The molecular weight excluding hydrogens is 581 g/mol. The molecule has 1 saturated heterocycles. The predicted molar refractivity (Wildman–Crippen MR) is 164 cm³/mol. The van der Waals surface area contributed by atoms with Crippen LogP contribution in [-0.2, 0) is 14.3 Å². The van der Waals surface area contributed by atoms with Crippen molar-refractivity contribution in [2.75, 3.05) is 6.67 Å². The zero-order valence-corrected chi connectivity index (χ0v) is 25.7. The maximum Gasteiger partial charge on any atom is 0.407 e. The van der Waals surface area contributed by atoms with Crippen molar-refractivity contribution in [1.82, 2.24) is 10.2 Å². The Balaban J connectivity index is 1.46. The van der Waals surface area contributed by atoms with Gasteiger partial charge in [0.1, 0.15) is 23.9 Å². The summed E-state index contributed by atoms with van der Waals surface area (Å²) in [6.07, 6.45) is 1.32. The van der Waals surface area contributed by atoms with Crippen molar-refractivity contribution < 1.29 is 37.8 Å². The molecule has 3 aromatic rings. The van der Waals surface area contributed by atoms with E-state index in [1.807, 2.05) is 30.3 Å². The number of primary amides is 1. The summed E-state index contributed by atoms with van der Waals surface area (Å²) in [6, 6.07) is 13.6. The van der Waals surface area contributed by atoms with Crippen molar-refractivity contribution >= 4 is 34.8 Å². The van der Waals surface area contributed by atoms with Gasteiger partial charge in [-0.15, -0.1) is 0 Å². The Labute approximate surface area is 261 Å². The minimum atomic E-state index is -1.28. The van der Waals surface area contributed by atoms with Crippen LogP contribution in [0.4, 0.5) is 9.18 Å². The highest BCUT2D eigenvalue weighted by molar-refractivity contribution is 5.97. The molecule has 1 aromatic heterocycles. The molecule has 3 amide bonds. The maximum atomic E-state index is 14.5. The van der Waals surface area contributed by atoms with Crippen LogP contribution in [0, 0.1) is 11.8 Å². The van der Waals surface area contributed by atoms with Crippen LogP contribution in [0.5, 0.6) is 0 Å². The first-order chi connectivity index (χ1) is 21.4. The molecule has 5 rings (SSSR count). The van der Waals surface area contributed by atoms with Crippen LogP contribution in [-0.4, -0.2) is 58.2 Å². The molecule has 0 spiro atoms. The van der Waals surface area contributed by atoms with E-state index < -0.39 is 60.2 Å². The van der Waals surface area contributed by atoms with Crippen LogP contribution < -0.4 is 11.1 Å². The van der Waals surface area contributed by atoms with Gasteiger partial charge in [-0.25, -0.2) is 14.0 Å². The monoisotopic (exact) mass is 621 g/mol. The summed E-state index contributed by atoms with van der Waals surface area (Å²) in [6.45, 7) is 4.41. The van der Waals surface area contributed by atoms with Gasteiger partial charge in [-0.05, 0) is 70.4 Å². The number of hydrogen-bond acceptors (Lipinski definition) is 6. The van der Waals surface area contributed by atoms with E-state index in [0.29, 0.717) is 42.2 Å². The summed E-state index contributed by atoms with van der Waals surface area (Å²) >= 11 is 0. The molecule has 4 N–H and O–H groups in total. The Morgan fingerprint density at radius 3 is 2.29 bits per heavy atom. The van der Waals surface area contributed by atoms with Crippen LogP contribution in [0.1, 0.15) is 86.5 Å². The average molecular weight is 622 g/mol. The number of benzene rings is 2. The van der Waals surface area contributed by atoms with E-state index in [2.05, 4.69) is 5.32 Å². The second kappa shape index (κ2) is 12.9. The largest absolute Gasteiger partial charge is 0.475 e. The SMILES string of the molecule is CC(C)(C)OC(=O)NC(CF)[C@H]1CC[C@H](C(=O)N2C(c3c(C(=O)O)oc4ccccc34)C[C@H](c3ccccc3)[C@H]2C(N)=O)CC1. The zero-order chi connectivity index (χ0) is 32.5. The number of likely N-dealkylation sites (tertiary alicyclic amines) is 1. The van der Waals surface area contributed by atoms with E-state index in [4.69, 9.17) is 14.9 Å². The third kappa shape index (κ3) is 6.67. The summed E-state index contributed by atoms with van der Waals surface area (Å²) in [5.41, 5.74) is 6.81. The molecule has 0 bridgehead atoms. The van der Waals surface area contributed by atoms with Crippen LogP contribution in [0.15, 0.2) is 59.0 Å². The van der Waals surface area contributed by atoms with Crippen molar-refractivity contribution in [2.45, 2.75) is 82.5 Å². The van der Waals surface area contributed by atoms with Crippen molar-refractivity contribution in [2.24, 2.45) is 17.6 Å². The molecule has 11 heteroatoms. The molecule has 1 saturated carbocycles. The number of aromatic carboxylic acids is 1. The second-order valence-electron chi connectivity index (χ2n) is 13.0. The Hall–Kier alpha value is -4.41. The van der Waals surface area contributed by atoms with Crippen LogP contribution in [0.2, 0.25) is 0 Å². The van der Waals surface area contributed by atoms with Gasteiger partial charge in [-0.3, -0.25) is 9.59 Å². The number of carbonyl (C=O) groups excluding carboxylic acids is 3. The molecule has 1 aliphatic heterocycles. The van der Waals surface area contributed by atoms with E-state index >= 15 is 0 Å². The average Bonchev–Trinajstić information content (AvgIpc) is 3.59. The lowest BCUT2D eigenvalue weighted by molar-refractivity contribution is -0.144. The highest BCUT2D eigenvalue weighted by Gasteiger charge is 2.51. The van der Waals surface area contributed by atoms with Gasteiger partial charge in [0, 0.05) is 22.8 Å². The third-order valence-corrected chi connectivity index (χ3v) is 8.99. The lowest BCUT2D eigenvalue weighted by Gasteiger charge is -2.37. The molecular formula is C34H40FN3O7. The first kappa shape index (κ1) is 32.0. The zero-order valence-electron chi connectivity index (χ0n) is 25.7. The number of hydrogen-bond donors (Lipinski definition) is 3. The number of nitrogens with two attached hydrogens (primary N) is 1. The number of carboxylic acids is 1. The number of carbonyl (C=O) groups is 4. The lowest BCUT2D eigenvalue weighted by Crippen LogP contribution is -2.50. The summed E-state index contributed by atoms with van der Waals surface area (Å²) in [4.78, 5) is 53.9. The predicted octanol–water partition coefficient (Wildman–Crippen LogP) is 5.71. The van der Waals surface area contributed by atoms with Gasteiger partial charge < -0.3 is 30.2 Å². The van der Waals surface area contributed by atoms with Crippen molar-refractivity contribution in [3.05, 3.63) is 71.5 Å². The fourth-order valence-electron chi connectivity index (χ4n) is 7.05. The van der Waals surface area contributed by atoms with Crippen LogP contribution in [0.25, 0.3) is 11.0 Å². The van der Waals surface area contributed by atoms with Gasteiger partial charge in [0.2, 0.25) is 17.6 Å². The number of furan rings is 1. The molecule has 2 unspecified atom stereocenters. The number of para-hydroxylation sites is 1. The number of alkyl halides is 1. The molecule has 0 radical (unpaired) electrons. The van der Waals surface area contributed by atoms with Crippen LogP contribution in [0.3, 0.4) is 0 Å². The van der Waals surface area contributed by atoms with Gasteiger partial charge in [-0.1, -0.05) is 48.5 Å². The van der Waals surface area contributed by atoms with Crippen molar-refractivity contribution in [3.63, 3.8) is 0 Å². The van der Waals surface area contributed by atoms with E-state index in [0.717, 1.165) is 5.56 Å². The van der Waals surface area contributed by atoms with Crippen molar-refractivity contribution in [1.29, 1.82) is 0 Å². The van der Waals surface area contributed by atoms with Gasteiger partial charge in [0.25, 0.3) is 0 Å². The summed E-state index contributed by atoms with van der Waals surface area (Å²) in [7, 11) is 0. The molecule has 4 atom stereocenters. The van der Waals surface area contributed by atoms with E-state index in [9.17, 15) is 28.7 Å². The van der Waals surface area contributed by atoms with Gasteiger partial charge in [0.05, 0.1) is 12.1 Å². The Morgan fingerprint density at radius 1 is 1.04 bits per heavy atom. The molecule has 2 aliphatic rings. The fraction of sp³-hybridized carbons (Fsp3) is 0.471. The molecule has 1 aliphatic carbocycles. The first-order valence-corrected chi connectivity index (χ1v) is 15.4. The molecule has 2 fully saturated rings. The second-order valence-corrected chi connectivity index (χ2v) is 13.0. The first-order valence-electron chi connectivity index (χ1n) is 15.4. The minimum Gasteiger partial charge on any atom is -0.475 e. The van der Waals surface area contributed by atoms with Crippen LogP contribution >= 0.6 is 0 Å². The number of alkyl carbamates (subject to hydrolysis) is 1. The Bertz CT molecular complexity index is 1560. The number of carboxylic acid groups (broad SMARTS) is 1. The van der Waals surface area contributed by atoms with E-state index in [-0.39, 0.29) is 24.0 Å². The third-order valence-electron chi connectivity index (χ3n) is 8.99. The molecule has 240 valence electrons. The van der Waals surface area contributed by atoms with Crippen molar-refractivity contribution in [3.8, 4) is 0 Å². The number of amides is 3. The fourth-order valence-corrected chi connectivity index (χ4v) is 7.05. The number of ether oxygens (including phenoxy) is 1. The summed E-state index contributed by atoms with van der Waals surface area (Å²) < 4.78 is 25.1. The highest BCUT2D eigenvalue weighted by Crippen LogP contribution is 2.50. The van der Waals surface area contributed by atoms with E-state index in [1.165, 1.54) is 4.90 Å². The van der Waals surface area contributed by atoms with E-state index in [1.54, 1.807) is 45.0 Å². The topological polar surface area (TPSA) is 152 Å². The van der Waals surface area contributed by atoms with Gasteiger partial charge in [-0.2, -0.15) is 0 Å². The summed E-state index contributed by atoms with van der Waals surface area (Å²) in [5.74, 6) is -3.73. The van der Waals surface area contributed by atoms with Gasteiger partial charge in [0.15, 0.2) is 0 Å². The molecule has 2 aromatic carbocycles. The number of fused-ring (bicyclic) bond motifs is 1. The normalized spacial score (nSPS) is 24.3. The lowest BCUT2D eigenvalue weighted by atomic mass is 9.78. The summed E-state index contributed by atoms with van der Waals surface area (Å²) in [5, 5.41) is 13.3. The Kier molecular flexibility index (Phi) is 9.18. The highest BCUT2D eigenvalue weighted by atomic mass is 19.1. The smallest absolute Gasteiger partial charge is 0.407 e. The standard InChI is InChI=1S/C34H40FN3O7/c1-34(2,3)45-33(43)37-24(18-35)20-13-15-21(16-14-20)31(40)38-25(17-23(28(38)30(36)39)19-9-5-4-6-10-19)27-22-11-7-8-12-26(22)44-29(27)32(41)42/h4-12,20-21,23-25,28H,13-18H2,1-3H3,(H2,36,39)(H,37,43)(H,41,42)/t20-,21-,23-,24?,25?,28+/m1/s1. The number of rotatable bonds is 8.